The van der Waals surface area contributed by atoms with Gasteiger partial charge in [0.25, 0.3) is 0 Å². The normalized spacial score (nSPS) is 8.94. The zero-order chi connectivity index (χ0) is 11.8. The van der Waals surface area contributed by atoms with E-state index in [1.807, 2.05) is 48.7 Å². The first-order chi connectivity index (χ1) is 7.81. The first-order valence-corrected chi connectivity index (χ1v) is 6.78. The number of rotatable bonds is 4. The highest BCUT2D eigenvalue weighted by atomic mass is 32.2. The lowest BCUT2D eigenvalue weighted by molar-refractivity contribution is 1.42. The molecule has 0 aromatic heterocycles. The second-order valence-corrected chi connectivity index (χ2v) is 4.92. The average Bonchev–Trinajstić information content (AvgIpc) is 2.35. The van der Waals surface area contributed by atoms with E-state index in [4.69, 9.17) is 10.5 Å². The molecule has 0 unspecified atom stereocenters. The molecule has 0 amide bonds. The van der Waals surface area contributed by atoms with Crippen LogP contribution in [0.2, 0.25) is 0 Å². The van der Waals surface area contributed by atoms with Crippen molar-refractivity contribution in [3.05, 3.63) is 45.7 Å². The summed E-state index contributed by atoms with van der Waals surface area (Å²) in [7, 11) is 0. The Morgan fingerprint density at radius 3 is 2.31 bits per heavy atom. The number of thioether (sulfide) groups is 2. The maximum absolute atomic E-state index is 8.77. The van der Waals surface area contributed by atoms with Gasteiger partial charge in [0.1, 0.15) is 17.7 Å². The number of nitrogens with zero attached hydrogens (tertiary/aromatic N) is 2. The zero-order valence-electron chi connectivity index (χ0n) is 8.80. The lowest BCUT2D eigenvalue weighted by Gasteiger charge is -2.03. The Morgan fingerprint density at radius 1 is 1.19 bits per heavy atom. The first kappa shape index (κ1) is 12.7. The van der Waals surface area contributed by atoms with Crippen molar-refractivity contribution in [1.82, 2.24) is 0 Å². The molecular weight excluding hydrogens is 236 g/mol. The third-order valence-corrected chi connectivity index (χ3v) is 4.20. The molecule has 0 N–H and O–H groups in total. The molecule has 0 aliphatic heterocycles. The fourth-order valence-electron chi connectivity index (χ4n) is 1.07. The molecule has 4 heteroatoms. The average molecular weight is 246 g/mol. The van der Waals surface area contributed by atoms with Crippen molar-refractivity contribution < 1.29 is 0 Å². The summed E-state index contributed by atoms with van der Waals surface area (Å²) < 4.78 is 0.786. The number of hydrogen-bond acceptors (Lipinski definition) is 4. The van der Waals surface area contributed by atoms with E-state index in [9.17, 15) is 0 Å². The quantitative estimate of drug-likeness (QED) is 0.762. The monoisotopic (exact) mass is 246 g/mol. The van der Waals surface area contributed by atoms with E-state index in [1.165, 1.54) is 29.1 Å². The molecule has 80 valence electrons. The molecule has 2 nitrogen and oxygen atoms in total. The van der Waals surface area contributed by atoms with Crippen LogP contribution in [0, 0.1) is 22.7 Å². The molecule has 0 saturated heterocycles. The Kier molecular flexibility index (Phi) is 5.56. The highest BCUT2D eigenvalue weighted by molar-refractivity contribution is 8.21. The molecule has 0 atom stereocenters. The number of nitriles is 2. The van der Waals surface area contributed by atoms with Gasteiger partial charge in [-0.3, -0.25) is 0 Å². The second kappa shape index (κ2) is 7.00. The van der Waals surface area contributed by atoms with Gasteiger partial charge in [-0.15, -0.1) is 23.5 Å². The van der Waals surface area contributed by atoms with Crippen LogP contribution in [0.3, 0.4) is 0 Å². The van der Waals surface area contributed by atoms with E-state index in [0.717, 1.165) is 9.99 Å². The first-order valence-electron chi connectivity index (χ1n) is 4.57. The van der Waals surface area contributed by atoms with Gasteiger partial charge in [-0.05, 0) is 11.8 Å². The predicted octanol–water partition coefficient (Wildman–Crippen LogP) is 3.54. The SMILES string of the molecule is CSC(SCc1ccccc1)=C(C#N)C#N. The predicted molar refractivity (Wildman–Crippen MR) is 69.5 cm³/mol. The standard InChI is InChI=1S/C12H10N2S2/c1-15-12(11(7-13)8-14)16-9-10-5-3-2-4-6-10/h2-6H,9H2,1H3. The maximum atomic E-state index is 8.77. The van der Waals surface area contributed by atoms with E-state index >= 15 is 0 Å². The minimum Gasteiger partial charge on any atom is -0.192 e. The minimum absolute atomic E-state index is 0.202. The molecule has 0 radical (unpaired) electrons. The molecule has 1 aromatic rings. The number of hydrogen-bond donors (Lipinski definition) is 0. The maximum Gasteiger partial charge on any atom is 0.149 e. The van der Waals surface area contributed by atoms with Crippen LogP contribution in [0.4, 0.5) is 0 Å². The summed E-state index contributed by atoms with van der Waals surface area (Å²) in [4.78, 5) is 0. The van der Waals surface area contributed by atoms with Crippen molar-refractivity contribution in [3.8, 4) is 12.1 Å². The molecule has 0 aliphatic rings. The summed E-state index contributed by atoms with van der Waals surface area (Å²) in [5.41, 5.74) is 1.39. The molecule has 0 aliphatic carbocycles. The summed E-state index contributed by atoms with van der Waals surface area (Å²) in [6, 6.07) is 13.8. The number of allylic oxidation sites excluding steroid dienone is 1. The fourth-order valence-corrected chi connectivity index (χ4v) is 2.74. The summed E-state index contributed by atoms with van der Waals surface area (Å²) in [6.07, 6.45) is 1.88. The van der Waals surface area contributed by atoms with Gasteiger partial charge >= 0.3 is 0 Å². The molecule has 1 rings (SSSR count). The summed E-state index contributed by atoms with van der Waals surface area (Å²) >= 11 is 2.97. The van der Waals surface area contributed by atoms with Crippen LogP contribution < -0.4 is 0 Å². The van der Waals surface area contributed by atoms with Crippen LogP contribution in [0.5, 0.6) is 0 Å². The highest BCUT2D eigenvalue weighted by Crippen LogP contribution is 2.31. The van der Waals surface area contributed by atoms with Gasteiger partial charge in [0.2, 0.25) is 0 Å². The summed E-state index contributed by atoms with van der Waals surface area (Å²) in [6.45, 7) is 0. The third kappa shape index (κ3) is 3.66. The third-order valence-electron chi connectivity index (χ3n) is 1.83. The van der Waals surface area contributed by atoms with Gasteiger partial charge in [-0.25, -0.2) is 0 Å². The molecule has 0 fully saturated rings. The molecule has 0 heterocycles. The summed E-state index contributed by atoms with van der Waals surface area (Å²) in [5.74, 6) is 0.782. The van der Waals surface area contributed by atoms with Crippen LogP contribution in [0.1, 0.15) is 5.56 Å². The van der Waals surface area contributed by atoms with E-state index in [2.05, 4.69) is 0 Å². The van der Waals surface area contributed by atoms with E-state index in [0.29, 0.717) is 0 Å². The van der Waals surface area contributed by atoms with Gasteiger partial charge in [0.15, 0.2) is 0 Å². The Morgan fingerprint density at radius 2 is 1.81 bits per heavy atom. The molecular formula is C12H10N2S2. The van der Waals surface area contributed by atoms with Crippen molar-refractivity contribution in [3.63, 3.8) is 0 Å². The van der Waals surface area contributed by atoms with E-state index < -0.39 is 0 Å². The van der Waals surface area contributed by atoms with Crippen molar-refractivity contribution in [2.45, 2.75) is 5.75 Å². The smallest absolute Gasteiger partial charge is 0.149 e. The van der Waals surface area contributed by atoms with Crippen molar-refractivity contribution in [2.75, 3.05) is 6.26 Å². The fraction of sp³-hybridized carbons (Fsp3) is 0.167. The van der Waals surface area contributed by atoms with Crippen LogP contribution >= 0.6 is 23.5 Å². The zero-order valence-corrected chi connectivity index (χ0v) is 10.4. The van der Waals surface area contributed by atoms with Gasteiger partial charge < -0.3 is 0 Å². The topological polar surface area (TPSA) is 47.6 Å². The lowest BCUT2D eigenvalue weighted by Crippen LogP contribution is -1.82. The highest BCUT2D eigenvalue weighted by Gasteiger charge is 2.05. The lowest BCUT2D eigenvalue weighted by atomic mass is 10.2. The molecule has 16 heavy (non-hydrogen) atoms. The Hall–Kier alpha value is -1.36. The van der Waals surface area contributed by atoms with E-state index in [-0.39, 0.29) is 5.57 Å². The Bertz CT molecular complexity index is 436. The van der Waals surface area contributed by atoms with Crippen molar-refractivity contribution in [2.24, 2.45) is 0 Å². The molecule has 1 aromatic carbocycles. The molecule has 0 saturated carbocycles. The van der Waals surface area contributed by atoms with Crippen molar-refractivity contribution in [1.29, 1.82) is 10.5 Å². The van der Waals surface area contributed by atoms with Crippen LogP contribution in [0.25, 0.3) is 0 Å². The molecule has 0 spiro atoms. The largest absolute Gasteiger partial charge is 0.192 e. The van der Waals surface area contributed by atoms with Gasteiger partial charge in [-0.2, -0.15) is 10.5 Å². The summed E-state index contributed by atoms with van der Waals surface area (Å²) in [5, 5.41) is 17.5. The van der Waals surface area contributed by atoms with Crippen LogP contribution in [-0.4, -0.2) is 6.26 Å². The Labute approximate surface area is 104 Å². The minimum atomic E-state index is 0.202. The van der Waals surface area contributed by atoms with Crippen LogP contribution in [-0.2, 0) is 5.75 Å². The van der Waals surface area contributed by atoms with Gasteiger partial charge in [0, 0.05) is 5.75 Å². The van der Waals surface area contributed by atoms with Crippen molar-refractivity contribution >= 4 is 23.5 Å². The van der Waals surface area contributed by atoms with Crippen LogP contribution in [0.15, 0.2) is 40.1 Å². The van der Waals surface area contributed by atoms with Gasteiger partial charge in [0.05, 0.1) is 4.24 Å². The van der Waals surface area contributed by atoms with Gasteiger partial charge in [-0.1, -0.05) is 30.3 Å². The number of benzene rings is 1. The second-order valence-electron chi connectivity index (χ2n) is 2.86. The van der Waals surface area contributed by atoms with E-state index in [1.54, 1.807) is 0 Å². The Balaban J connectivity index is 2.71. The molecule has 0 bridgehead atoms.